The Labute approximate surface area is 113 Å². The number of carbonyl (C=O) groups is 2. The van der Waals surface area contributed by atoms with E-state index < -0.39 is 5.97 Å². The summed E-state index contributed by atoms with van der Waals surface area (Å²) in [5, 5.41) is 11.7. The molecule has 1 rings (SSSR count). The molecule has 0 bridgehead atoms. The highest BCUT2D eigenvalue weighted by Gasteiger charge is 2.26. The molecule has 0 aliphatic rings. The molecular formula is C14H21N2O3+. The van der Waals surface area contributed by atoms with Crippen LogP contribution in [0.15, 0.2) is 30.3 Å². The molecule has 1 atom stereocenters. The number of quaternary nitrogens is 1. The van der Waals surface area contributed by atoms with Gasteiger partial charge in [-0.3, -0.25) is 9.59 Å². The van der Waals surface area contributed by atoms with E-state index in [0.717, 1.165) is 0 Å². The topological polar surface area (TPSA) is 66.4 Å². The second-order valence-electron chi connectivity index (χ2n) is 5.40. The monoisotopic (exact) mass is 265 g/mol. The molecule has 0 aromatic heterocycles. The number of hydrogen-bond donors (Lipinski definition) is 2. The van der Waals surface area contributed by atoms with Gasteiger partial charge >= 0.3 is 5.97 Å². The molecule has 0 aliphatic carbocycles. The van der Waals surface area contributed by atoms with Crippen LogP contribution in [0, 0.1) is 0 Å². The van der Waals surface area contributed by atoms with Crippen molar-refractivity contribution in [1.82, 2.24) is 5.32 Å². The van der Waals surface area contributed by atoms with Gasteiger partial charge in [0.25, 0.3) is 5.91 Å². The molecule has 5 heteroatoms. The number of nitrogens with one attached hydrogen (secondary N) is 1. The first kappa shape index (κ1) is 15.2. The van der Waals surface area contributed by atoms with Crippen molar-refractivity contribution in [2.75, 3.05) is 21.1 Å². The smallest absolute Gasteiger partial charge is 0.303 e. The van der Waals surface area contributed by atoms with E-state index >= 15 is 0 Å². The van der Waals surface area contributed by atoms with E-state index in [2.05, 4.69) is 5.32 Å². The first-order valence-corrected chi connectivity index (χ1v) is 6.19. The third-order valence-corrected chi connectivity index (χ3v) is 2.90. The lowest BCUT2D eigenvalue weighted by atomic mass is 10.1. The Morgan fingerprint density at radius 1 is 1.21 bits per heavy atom. The van der Waals surface area contributed by atoms with Gasteiger partial charge in [-0.15, -0.1) is 0 Å². The number of nitrogens with zero attached hydrogens (tertiary/aromatic N) is 1. The van der Waals surface area contributed by atoms with Gasteiger partial charge in [0.15, 0.2) is 6.17 Å². The summed E-state index contributed by atoms with van der Waals surface area (Å²) in [6, 6.07) is 8.91. The van der Waals surface area contributed by atoms with Gasteiger partial charge in [-0.2, -0.15) is 0 Å². The highest BCUT2D eigenvalue weighted by atomic mass is 16.4. The predicted molar refractivity (Wildman–Crippen MR) is 72.6 cm³/mol. The van der Waals surface area contributed by atoms with Crippen LogP contribution in [0.5, 0.6) is 0 Å². The van der Waals surface area contributed by atoms with Crippen LogP contribution in [-0.2, 0) is 4.79 Å². The average molecular weight is 265 g/mol. The van der Waals surface area contributed by atoms with Crippen LogP contribution in [-0.4, -0.2) is 48.8 Å². The zero-order valence-electron chi connectivity index (χ0n) is 11.6. The van der Waals surface area contributed by atoms with Crippen LogP contribution in [0.4, 0.5) is 0 Å². The molecule has 1 amide bonds. The van der Waals surface area contributed by atoms with Crippen molar-refractivity contribution in [1.29, 1.82) is 0 Å². The SMILES string of the molecule is C[N+](C)(C)C(CCC(=O)O)NC(=O)c1ccccc1. The van der Waals surface area contributed by atoms with E-state index in [4.69, 9.17) is 5.11 Å². The van der Waals surface area contributed by atoms with Crippen molar-refractivity contribution in [2.24, 2.45) is 0 Å². The lowest BCUT2D eigenvalue weighted by Gasteiger charge is -2.34. The molecule has 5 nitrogen and oxygen atoms in total. The number of amides is 1. The zero-order chi connectivity index (χ0) is 14.5. The maximum absolute atomic E-state index is 12.1. The molecule has 0 radical (unpaired) electrons. The molecule has 19 heavy (non-hydrogen) atoms. The van der Waals surface area contributed by atoms with Crippen molar-refractivity contribution in [3.05, 3.63) is 35.9 Å². The molecule has 1 aromatic rings. The van der Waals surface area contributed by atoms with Gasteiger partial charge in [-0.05, 0) is 12.1 Å². The fourth-order valence-electron chi connectivity index (χ4n) is 1.74. The lowest BCUT2D eigenvalue weighted by Crippen LogP contribution is -2.55. The Kier molecular flexibility index (Phi) is 5.06. The van der Waals surface area contributed by atoms with Crippen molar-refractivity contribution in [3.8, 4) is 0 Å². The van der Waals surface area contributed by atoms with Crippen LogP contribution in [0.2, 0.25) is 0 Å². The van der Waals surface area contributed by atoms with Crippen LogP contribution in [0.25, 0.3) is 0 Å². The Bertz CT molecular complexity index is 438. The van der Waals surface area contributed by atoms with E-state index in [-0.39, 0.29) is 18.5 Å². The number of carboxylic acids is 1. The lowest BCUT2D eigenvalue weighted by molar-refractivity contribution is -0.898. The van der Waals surface area contributed by atoms with Gasteiger partial charge in [0.1, 0.15) is 0 Å². The minimum absolute atomic E-state index is 0.0370. The molecule has 0 saturated heterocycles. The molecule has 0 spiro atoms. The van der Waals surface area contributed by atoms with Crippen LogP contribution >= 0.6 is 0 Å². The summed E-state index contributed by atoms with van der Waals surface area (Å²) < 4.78 is 0.478. The number of rotatable bonds is 6. The van der Waals surface area contributed by atoms with Crippen LogP contribution in [0.3, 0.4) is 0 Å². The summed E-state index contributed by atoms with van der Waals surface area (Å²) in [5.41, 5.74) is 0.580. The van der Waals surface area contributed by atoms with Crippen LogP contribution < -0.4 is 5.32 Å². The zero-order valence-corrected chi connectivity index (χ0v) is 11.6. The minimum atomic E-state index is -0.854. The number of aliphatic carboxylic acids is 1. The fourth-order valence-corrected chi connectivity index (χ4v) is 1.74. The number of benzene rings is 1. The van der Waals surface area contributed by atoms with Gasteiger partial charge in [0.05, 0.1) is 27.6 Å². The highest BCUT2D eigenvalue weighted by Crippen LogP contribution is 2.09. The summed E-state index contributed by atoms with van der Waals surface area (Å²) in [6.07, 6.45) is 0.205. The van der Waals surface area contributed by atoms with E-state index in [1.54, 1.807) is 24.3 Å². The van der Waals surface area contributed by atoms with Crippen molar-refractivity contribution >= 4 is 11.9 Å². The minimum Gasteiger partial charge on any atom is -0.481 e. The standard InChI is InChI=1S/C14H20N2O3/c1-16(2,3)12(9-10-13(17)18)15-14(19)11-7-5-4-6-8-11/h4-8,12H,9-10H2,1-3H3,(H-,15,17,18,19)/p+1. The summed E-state index contributed by atoms with van der Waals surface area (Å²) in [4.78, 5) is 22.7. The number of carboxylic acid groups (broad SMARTS) is 1. The maximum atomic E-state index is 12.1. The molecule has 1 aromatic carbocycles. The average Bonchev–Trinajstić information content (AvgIpc) is 2.33. The first-order chi connectivity index (χ1) is 8.80. The molecular weight excluding hydrogens is 244 g/mol. The van der Waals surface area contributed by atoms with Crippen molar-refractivity contribution < 1.29 is 19.2 Å². The summed E-state index contributed by atoms with van der Waals surface area (Å²) in [7, 11) is 5.79. The highest BCUT2D eigenvalue weighted by molar-refractivity contribution is 5.94. The molecule has 1 unspecified atom stereocenters. The molecule has 0 aliphatic heterocycles. The molecule has 104 valence electrons. The molecule has 0 fully saturated rings. The number of hydrogen-bond acceptors (Lipinski definition) is 2. The first-order valence-electron chi connectivity index (χ1n) is 6.19. The van der Waals surface area contributed by atoms with E-state index in [0.29, 0.717) is 16.5 Å². The third kappa shape index (κ3) is 5.09. The van der Waals surface area contributed by atoms with Gasteiger partial charge in [0, 0.05) is 12.0 Å². The van der Waals surface area contributed by atoms with Gasteiger partial charge in [0.2, 0.25) is 0 Å². The van der Waals surface area contributed by atoms with Crippen LogP contribution in [0.1, 0.15) is 23.2 Å². The number of carbonyl (C=O) groups excluding carboxylic acids is 1. The van der Waals surface area contributed by atoms with Crippen molar-refractivity contribution in [3.63, 3.8) is 0 Å². The largest absolute Gasteiger partial charge is 0.481 e. The van der Waals surface area contributed by atoms with Gasteiger partial charge in [-0.25, -0.2) is 0 Å². The molecule has 2 N–H and O–H groups in total. The van der Waals surface area contributed by atoms with E-state index in [1.165, 1.54) is 0 Å². The second kappa shape index (κ2) is 6.33. The van der Waals surface area contributed by atoms with Gasteiger partial charge < -0.3 is 14.9 Å². The normalized spacial score (nSPS) is 12.8. The fraction of sp³-hybridized carbons (Fsp3) is 0.429. The molecule has 0 heterocycles. The summed E-state index contributed by atoms with van der Waals surface area (Å²) >= 11 is 0. The summed E-state index contributed by atoms with van der Waals surface area (Å²) in [5.74, 6) is -1.03. The van der Waals surface area contributed by atoms with Gasteiger partial charge in [-0.1, -0.05) is 18.2 Å². The second-order valence-corrected chi connectivity index (χ2v) is 5.40. The maximum Gasteiger partial charge on any atom is 0.303 e. The molecule has 0 saturated carbocycles. The Morgan fingerprint density at radius 2 is 1.79 bits per heavy atom. The summed E-state index contributed by atoms with van der Waals surface area (Å²) in [6.45, 7) is 0. The quantitative estimate of drug-likeness (QED) is 0.602. The Morgan fingerprint density at radius 3 is 2.26 bits per heavy atom. The van der Waals surface area contributed by atoms with E-state index in [9.17, 15) is 9.59 Å². The Hall–Kier alpha value is -1.88. The predicted octanol–water partition coefficient (Wildman–Crippen LogP) is 1.31. The van der Waals surface area contributed by atoms with E-state index in [1.807, 2.05) is 27.2 Å². The third-order valence-electron chi connectivity index (χ3n) is 2.90. The Balaban J connectivity index is 2.72. The van der Waals surface area contributed by atoms with Crippen molar-refractivity contribution in [2.45, 2.75) is 19.0 Å².